The predicted molar refractivity (Wildman–Crippen MR) is 127 cm³/mol. The Morgan fingerprint density at radius 2 is 1.61 bits per heavy atom. The Morgan fingerprint density at radius 1 is 0.871 bits per heavy atom. The minimum atomic E-state index is 0.0228. The van der Waals surface area contributed by atoms with E-state index >= 15 is 0 Å². The van der Waals surface area contributed by atoms with E-state index in [1.165, 1.54) is 0 Å². The molecule has 0 aliphatic carbocycles. The number of fused-ring (bicyclic) bond motifs is 1. The number of ether oxygens (including phenoxy) is 1. The molecule has 0 N–H and O–H groups in total. The lowest BCUT2D eigenvalue weighted by Crippen LogP contribution is -2.30. The average Bonchev–Trinajstić information content (AvgIpc) is 3.33. The van der Waals surface area contributed by atoms with Gasteiger partial charge >= 0.3 is 0 Å². The summed E-state index contributed by atoms with van der Waals surface area (Å²) < 4.78 is 5.91. The molecular weight excluding hydrogens is 402 g/mol. The topological polar surface area (TPSA) is 29.5 Å². The van der Waals surface area contributed by atoms with Crippen molar-refractivity contribution in [3.63, 3.8) is 0 Å². The van der Waals surface area contributed by atoms with Crippen molar-refractivity contribution in [2.24, 2.45) is 0 Å². The Bertz CT molecular complexity index is 1190. The monoisotopic (exact) mass is 425 g/mol. The van der Waals surface area contributed by atoms with Crippen LogP contribution in [-0.2, 0) is 6.61 Å². The largest absolute Gasteiger partial charge is 0.489 e. The molecule has 0 radical (unpaired) electrons. The zero-order chi connectivity index (χ0) is 21.0. The molecule has 5 rings (SSSR count). The summed E-state index contributed by atoms with van der Waals surface area (Å²) in [6.07, 6.45) is 0. The molecule has 1 heterocycles. The van der Waals surface area contributed by atoms with E-state index in [1.54, 1.807) is 0 Å². The van der Waals surface area contributed by atoms with Crippen molar-refractivity contribution < 1.29 is 9.53 Å². The van der Waals surface area contributed by atoms with Crippen molar-refractivity contribution in [1.29, 1.82) is 0 Å². The van der Waals surface area contributed by atoms with Crippen LogP contribution >= 0.6 is 11.8 Å². The quantitative estimate of drug-likeness (QED) is 0.375. The smallest absolute Gasteiger partial charge is 0.255 e. The first-order valence-electron chi connectivity index (χ1n) is 10.5. The Hall–Kier alpha value is -3.24. The molecule has 0 saturated carbocycles. The van der Waals surface area contributed by atoms with E-state index in [0.29, 0.717) is 6.61 Å². The highest BCUT2D eigenvalue weighted by atomic mass is 32.2. The summed E-state index contributed by atoms with van der Waals surface area (Å²) in [6.45, 7) is 1.30. The number of carbonyl (C=O) groups excluding carboxylic acids is 1. The molecular formula is C27H23NO2S. The number of thioether (sulfide) groups is 1. The molecule has 4 heteroatoms. The Morgan fingerprint density at radius 3 is 2.45 bits per heavy atom. The fourth-order valence-corrected chi connectivity index (χ4v) is 5.25. The average molecular weight is 426 g/mol. The number of nitrogens with zero attached hydrogens (tertiary/aromatic N) is 1. The number of benzene rings is 4. The van der Waals surface area contributed by atoms with Gasteiger partial charge in [-0.3, -0.25) is 4.79 Å². The molecule has 1 aliphatic rings. The van der Waals surface area contributed by atoms with Crippen LogP contribution in [0.3, 0.4) is 0 Å². The summed E-state index contributed by atoms with van der Waals surface area (Å²) in [5.41, 5.74) is 3.04. The maximum Gasteiger partial charge on any atom is 0.255 e. The maximum absolute atomic E-state index is 13.5. The molecule has 154 valence electrons. The van der Waals surface area contributed by atoms with E-state index in [-0.39, 0.29) is 11.3 Å². The molecule has 1 aliphatic heterocycles. The van der Waals surface area contributed by atoms with Gasteiger partial charge in [0.25, 0.3) is 5.91 Å². The molecule has 1 amide bonds. The van der Waals surface area contributed by atoms with Crippen molar-refractivity contribution in [3.8, 4) is 5.75 Å². The van der Waals surface area contributed by atoms with Crippen molar-refractivity contribution >= 4 is 28.4 Å². The second-order valence-electron chi connectivity index (χ2n) is 7.59. The molecule has 0 aromatic heterocycles. The molecule has 0 spiro atoms. The van der Waals surface area contributed by atoms with Gasteiger partial charge in [0.2, 0.25) is 0 Å². The molecule has 0 unspecified atom stereocenters. The van der Waals surface area contributed by atoms with Gasteiger partial charge in [0.1, 0.15) is 17.7 Å². The standard InChI is InChI=1S/C27H23NO2S/c29-26(25-12-6-10-21-9-4-5-11-24(21)25)28-17-18-31-27(28)22-13-15-23(16-14-22)30-19-20-7-2-1-3-8-20/h1-16,27H,17-19H2/t27-/m1/s1. The third-order valence-electron chi connectivity index (χ3n) is 5.59. The fraction of sp³-hybridized carbons (Fsp3) is 0.148. The Balaban J connectivity index is 1.33. The first-order chi connectivity index (χ1) is 15.3. The Kier molecular flexibility index (Phi) is 5.63. The minimum Gasteiger partial charge on any atom is -0.489 e. The highest BCUT2D eigenvalue weighted by molar-refractivity contribution is 7.99. The first-order valence-corrected chi connectivity index (χ1v) is 11.5. The van der Waals surface area contributed by atoms with Gasteiger partial charge in [-0.25, -0.2) is 0 Å². The van der Waals surface area contributed by atoms with Crippen LogP contribution in [-0.4, -0.2) is 23.1 Å². The third kappa shape index (κ3) is 4.17. The van der Waals surface area contributed by atoms with Crippen LogP contribution < -0.4 is 4.74 Å². The lowest BCUT2D eigenvalue weighted by molar-refractivity contribution is 0.0762. The van der Waals surface area contributed by atoms with Gasteiger partial charge in [-0.2, -0.15) is 0 Å². The number of hydrogen-bond acceptors (Lipinski definition) is 3. The first kappa shape index (κ1) is 19.7. The molecule has 1 atom stereocenters. The van der Waals surface area contributed by atoms with E-state index in [9.17, 15) is 4.79 Å². The number of carbonyl (C=O) groups is 1. The summed E-state index contributed by atoms with van der Waals surface area (Å²) >= 11 is 1.81. The zero-order valence-electron chi connectivity index (χ0n) is 17.1. The van der Waals surface area contributed by atoms with Crippen molar-refractivity contribution in [2.45, 2.75) is 12.0 Å². The van der Waals surface area contributed by atoms with E-state index in [2.05, 4.69) is 36.4 Å². The normalized spacial score (nSPS) is 15.9. The SMILES string of the molecule is O=C(c1cccc2ccccc12)N1CCS[C@@H]1c1ccc(OCc2ccccc2)cc1. The van der Waals surface area contributed by atoms with Gasteiger partial charge < -0.3 is 9.64 Å². The van der Waals surface area contributed by atoms with Gasteiger partial charge in [0.15, 0.2) is 0 Å². The molecule has 31 heavy (non-hydrogen) atoms. The van der Waals surface area contributed by atoms with Crippen molar-refractivity contribution in [1.82, 2.24) is 4.90 Å². The summed E-state index contributed by atoms with van der Waals surface area (Å²) in [6, 6.07) is 32.3. The van der Waals surface area contributed by atoms with E-state index < -0.39 is 0 Å². The van der Waals surface area contributed by atoms with Crippen LogP contribution in [0.1, 0.15) is 26.9 Å². The second kappa shape index (κ2) is 8.86. The van der Waals surface area contributed by atoms with Gasteiger partial charge in [0, 0.05) is 17.9 Å². The van der Waals surface area contributed by atoms with Crippen molar-refractivity contribution in [3.05, 3.63) is 114 Å². The number of amides is 1. The summed E-state index contributed by atoms with van der Waals surface area (Å²) in [5, 5.41) is 2.13. The number of hydrogen-bond donors (Lipinski definition) is 0. The van der Waals surface area contributed by atoms with Gasteiger partial charge in [0.05, 0.1) is 0 Å². The van der Waals surface area contributed by atoms with Crippen LogP contribution in [0.2, 0.25) is 0 Å². The molecule has 4 aromatic rings. The molecule has 1 saturated heterocycles. The zero-order valence-corrected chi connectivity index (χ0v) is 17.9. The molecule has 3 nitrogen and oxygen atoms in total. The van der Waals surface area contributed by atoms with E-state index in [0.717, 1.165) is 45.5 Å². The van der Waals surface area contributed by atoms with Crippen LogP contribution in [0.25, 0.3) is 10.8 Å². The van der Waals surface area contributed by atoms with Crippen molar-refractivity contribution in [2.75, 3.05) is 12.3 Å². The lowest BCUT2D eigenvalue weighted by atomic mass is 10.0. The lowest BCUT2D eigenvalue weighted by Gasteiger charge is -2.25. The molecule has 0 bridgehead atoms. The van der Waals surface area contributed by atoms with E-state index in [1.807, 2.05) is 77.3 Å². The van der Waals surface area contributed by atoms with Crippen LogP contribution in [0.4, 0.5) is 0 Å². The summed E-state index contributed by atoms with van der Waals surface area (Å²) in [7, 11) is 0. The third-order valence-corrected chi connectivity index (χ3v) is 6.85. The van der Waals surface area contributed by atoms with Crippen LogP contribution in [0.5, 0.6) is 5.75 Å². The highest BCUT2D eigenvalue weighted by Gasteiger charge is 2.31. The van der Waals surface area contributed by atoms with Gasteiger partial charge in [-0.1, -0.05) is 78.9 Å². The van der Waals surface area contributed by atoms with E-state index in [4.69, 9.17) is 4.74 Å². The Labute approximate surface area is 186 Å². The molecule has 4 aromatic carbocycles. The second-order valence-corrected chi connectivity index (χ2v) is 8.78. The minimum absolute atomic E-state index is 0.0228. The van der Waals surface area contributed by atoms with Gasteiger partial charge in [-0.15, -0.1) is 11.8 Å². The summed E-state index contributed by atoms with van der Waals surface area (Å²) in [4.78, 5) is 15.5. The summed E-state index contributed by atoms with van der Waals surface area (Å²) in [5.74, 6) is 1.87. The maximum atomic E-state index is 13.5. The number of rotatable bonds is 5. The predicted octanol–water partition coefficient (Wildman–Crippen LogP) is 6.31. The van der Waals surface area contributed by atoms with Crippen LogP contribution in [0.15, 0.2) is 97.1 Å². The highest BCUT2D eigenvalue weighted by Crippen LogP contribution is 2.39. The van der Waals surface area contributed by atoms with Gasteiger partial charge in [-0.05, 0) is 40.1 Å². The molecule has 1 fully saturated rings. The van der Waals surface area contributed by atoms with Crippen LogP contribution in [0, 0.1) is 0 Å². The fourth-order valence-electron chi connectivity index (χ4n) is 3.99.